The number of fused-ring (bicyclic) bond motifs is 2. The summed E-state index contributed by atoms with van der Waals surface area (Å²) in [6, 6.07) is 0.185. The van der Waals surface area contributed by atoms with Crippen LogP contribution in [0, 0.1) is 17.8 Å². The number of rotatable bonds is 4. The van der Waals surface area contributed by atoms with E-state index in [4.69, 9.17) is 4.74 Å². The second kappa shape index (κ2) is 5.24. The molecule has 0 radical (unpaired) electrons. The fourth-order valence-corrected chi connectivity index (χ4v) is 5.63. The fraction of sp³-hybridized carbons (Fsp3) is 0.941. The quantitative estimate of drug-likeness (QED) is 0.836. The van der Waals surface area contributed by atoms with Gasteiger partial charge in [-0.1, -0.05) is 12.8 Å². The molecule has 5 unspecified atom stereocenters. The molecule has 1 spiro atoms. The van der Waals surface area contributed by atoms with Crippen molar-refractivity contribution in [3.8, 4) is 0 Å². The number of hydrogen-bond acceptors (Lipinski definition) is 3. The molecule has 4 fully saturated rings. The van der Waals surface area contributed by atoms with Gasteiger partial charge in [-0.05, 0) is 56.8 Å². The van der Waals surface area contributed by atoms with Crippen LogP contribution in [0.5, 0.6) is 0 Å². The van der Waals surface area contributed by atoms with E-state index in [2.05, 4.69) is 5.32 Å². The van der Waals surface area contributed by atoms with E-state index in [0.29, 0.717) is 17.9 Å². The maximum absolute atomic E-state index is 11.5. The Morgan fingerprint density at radius 2 is 1.90 bits per heavy atom. The van der Waals surface area contributed by atoms with Crippen molar-refractivity contribution in [2.75, 3.05) is 6.54 Å². The number of carboxylic acids is 1. The third kappa shape index (κ3) is 2.40. The summed E-state index contributed by atoms with van der Waals surface area (Å²) >= 11 is 0. The lowest BCUT2D eigenvalue weighted by Crippen LogP contribution is -2.46. The summed E-state index contributed by atoms with van der Waals surface area (Å²) in [6.07, 6.45) is 11.2. The van der Waals surface area contributed by atoms with Gasteiger partial charge in [0.05, 0.1) is 17.6 Å². The normalized spacial score (nSPS) is 43.9. The number of nitrogens with one attached hydrogen (secondary N) is 1. The summed E-state index contributed by atoms with van der Waals surface area (Å²) in [5, 5.41) is 13.1. The summed E-state index contributed by atoms with van der Waals surface area (Å²) in [7, 11) is 0. The molecule has 1 aliphatic heterocycles. The highest BCUT2D eigenvalue weighted by molar-refractivity contribution is 5.72. The number of carbonyl (C=O) groups is 1. The predicted molar refractivity (Wildman–Crippen MR) is 79.1 cm³/mol. The monoisotopic (exact) mass is 293 g/mol. The lowest BCUT2D eigenvalue weighted by Gasteiger charge is -2.30. The molecule has 0 aromatic heterocycles. The molecule has 118 valence electrons. The number of ether oxygens (including phenoxy) is 1. The Bertz CT molecular complexity index is 418. The largest absolute Gasteiger partial charge is 0.481 e. The second-order valence-corrected chi connectivity index (χ2v) is 7.80. The average Bonchev–Trinajstić information content (AvgIpc) is 3.21. The summed E-state index contributed by atoms with van der Waals surface area (Å²) < 4.78 is 6.34. The molecule has 1 saturated heterocycles. The molecule has 4 rings (SSSR count). The molecule has 1 heterocycles. The first-order valence-corrected chi connectivity index (χ1v) is 8.81. The Hall–Kier alpha value is -0.610. The van der Waals surface area contributed by atoms with Crippen LogP contribution in [0.3, 0.4) is 0 Å². The summed E-state index contributed by atoms with van der Waals surface area (Å²) in [4.78, 5) is 11.5. The number of carboxylic acid groups (broad SMARTS) is 1. The Morgan fingerprint density at radius 1 is 1.14 bits per heavy atom. The standard InChI is InChI=1S/C17H27NO3/c19-16(20)14-11-3-4-12(9-11)15(14)18-10-13-5-8-17(21-13)6-1-2-7-17/h11-15,18H,1-10H2,(H,19,20). The van der Waals surface area contributed by atoms with E-state index in [9.17, 15) is 9.90 Å². The molecule has 21 heavy (non-hydrogen) atoms. The van der Waals surface area contributed by atoms with Gasteiger partial charge in [0.25, 0.3) is 0 Å². The zero-order valence-electron chi connectivity index (χ0n) is 12.7. The molecule has 2 bridgehead atoms. The highest BCUT2D eigenvalue weighted by Gasteiger charge is 2.51. The topological polar surface area (TPSA) is 58.6 Å². The third-order valence-electron chi connectivity index (χ3n) is 6.64. The average molecular weight is 293 g/mol. The zero-order chi connectivity index (χ0) is 14.4. The van der Waals surface area contributed by atoms with Gasteiger partial charge >= 0.3 is 5.97 Å². The van der Waals surface area contributed by atoms with Crippen molar-refractivity contribution in [1.82, 2.24) is 5.32 Å². The fourth-order valence-electron chi connectivity index (χ4n) is 5.63. The van der Waals surface area contributed by atoms with Gasteiger partial charge in [-0.25, -0.2) is 0 Å². The Balaban J connectivity index is 1.33. The van der Waals surface area contributed by atoms with Crippen molar-refractivity contribution >= 4 is 5.97 Å². The van der Waals surface area contributed by atoms with Crippen molar-refractivity contribution in [1.29, 1.82) is 0 Å². The molecule has 0 amide bonds. The van der Waals surface area contributed by atoms with Crippen LogP contribution in [0.4, 0.5) is 0 Å². The second-order valence-electron chi connectivity index (χ2n) is 7.80. The predicted octanol–water partition coefficient (Wildman–Crippen LogP) is 2.57. The molecule has 4 nitrogen and oxygen atoms in total. The molecule has 2 N–H and O–H groups in total. The first-order valence-electron chi connectivity index (χ1n) is 8.81. The van der Waals surface area contributed by atoms with Gasteiger partial charge in [0.15, 0.2) is 0 Å². The number of hydrogen-bond donors (Lipinski definition) is 2. The Labute approximate surface area is 126 Å². The maximum atomic E-state index is 11.5. The van der Waals surface area contributed by atoms with Gasteiger partial charge in [0.2, 0.25) is 0 Å². The van der Waals surface area contributed by atoms with Crippen molar-refractivity contribution in [2.45, 2.75) is 75.5 Å². The molecule has 0 aromatic rings. The van der Waals surface area contributed by atoms with Gasteiger partial charge in [-0.2, -0.15) is 0 Å². The van der Waals surface area contributed by atoms with E-state index in [0.717, 1.165) is 25.8 Å². The zero-order valence-corrected chi connectivity index (χ0v) is 12.7. The van der Waals surface area contributed by atoms with E-state index in [1.807, 2.05) is 0 Å². The van der Waals surface area contributed by atoms with Gasteiger partial charge in [0, 0.05) is 12.6 Å². The highest BCUT2D eigenvalue weighted by atomic mass is 16.5. The summed E-state index contributed by atoms with van der Waals surface area (Å²) in [5.41, 5.74) is 0.188. The minimum Gasteiger partial charge on any atom is -0.481 e. The van der Waals surface area contributed by atoms with Crippen molar-refractivity contribution < 1.29 is 14.6 Å². The SMILES string of the molecule is O=C(O)C1C2CCC(C2)C1NCC1CCC2(CCCC2)O1. The minimum atomic E-state index is -0.598. The molecule has 0 aromatic carbocycles. The van der Waals surface area contributed by atoms with Gasteiger partial charge in [0.1, 0.15) is 0 Å². The van der Waals surface area contributed by atoms with Crippen LogP contribution in [0.25, 0.3) is 0 Å². The molecule has 4 heteroatoms. The lowest BCUT2D eigenvalue weighted by molar-refractivity contribution is -0.144. The van der Waals surface area contributed by atoms with E-state index in [-0.39, 0.29) is 17.6 Å². The Kier molecular flexibility index (Phi) is 3.49. The van der Waals surface area contributed by atoms with Crippen LogP contribution in [-0.2, 0) is 9.53 Å². The first kappa shape index (κ1) is 14.0. The first-order chi connectivity index (χ1) is 10.2. The smallest absolute Gasteiger partial charge is 0.308 e. The van der Waals surface area contributed by atoms with Crippen molar-refractivity contribution in [3.63, 3.8) is 0 Å². The van der Waals surface area contributed by atoms with Crippen LogP contribution >= 0.6 is 0 Å². The molecular weight excluding hydrogens is 266 g/mol. The van der Waals surface area contributed by atoms with Crippen LogP contribution < -0.4 is 5.32 Å². The van der Waals surface area contributed by atoms with E-state index in [1.165, 1.54) is 38.5 Å². The van der Waals surface area contributed by atoms with E-state index < -0.39 is 5.97 Å². The van der Waals surface area contributed by atoms with Gasteiger partial charge < -0.3 is 15.2 Å². The van der Waals surface area contributed by atoms with Crippen LogP contribution in [0.15, 0.2) is 0 Å². The third-order valence-corrected chi connectivity index (χ3v) is 6.64. The van der Waals surface area contributed by atoms with Gasteiger partial charge in [-0.15, -0.1) is 0 Å². The number of aliphatic carboxylic acids is 1. The molecule has 3 aliphatic carbocycles. The minimum absolute atomic E-state index is 0.161. The lowest BCUT2D eigenvalue weighted by atomic mass is 9.84. The van der Waals surface area contributed by atoms with E-state index >= 15 is 0 Å². The van der Waals surface area contributed by atoms with E-state index in [1.54, 1.807) is 0 Å². The van der Waals surface area contributed by atoms with Crippen molar-refractivity contribution in [3.05, 3.63) is 0 Å². The maximum Gasteiger partial charge on any atom is 0.308 e. The van der Waals surface area contributed by atoms with Crippen molar-refractivity contribution in [2.24, 2.45) is 17.8 Å². The molecule has 3 saturated carbocycles. The molecule has 5 atom stereocenters. The highest BCUT2D eigenvalue weighted by Crippen LogP contribution is 2.49. The summed E-state index contributed by atoms with van der Waals surface area (Å²) in [5.74, 6) is 0.235. The summed E-state index contributed by atoms with van der Waals surface area (Å²) in [6.45, 7) is 0.847. The molecular formula is C17H27NO3. The Morgan fingerprint density at radius 3 is 2.67 bits per heavy atom. The molecule has 4 aliphatic rings. The van der Waals surface area contributed by atoms with Crippen LogP contribution in [0.1, 0.15) is 57.8 Å². The van der Waals surface area contributed by atoms with Gasteiger partial charge in [-0.3, -0.25) is 4.79 Å². The van der Waals surface area contributed by atoms with Crippen LogP contribution in [0.2, 0.25) is 0 Å². The van der Waals surface area contributed by atoms with Crippen LogP contribution in [-0.4, -0.2) is 35.4 Å².